The van der Waals surface area contributed by atoms with E-state index in [-0.39, 0.29) is 5.75 Å². The predicted molar refractivity (Wildman–Crippen MR) is 84.3 cm³/mol. The Hall–Kier alpha value is -1.94. The van der Waals surface area contributed by atoms with Gasteiger partial charge < -0.3 is 14.6 Å². The van der Waals surface area contributed by atoms with Crippen molar-refractivity contribution in [3.8, 4) is 17.2 Å². The third kappa shape index (κ3) is 3.14. The van der Waals surface area contributed by atoms with E-state index in [9.17, 15) is 5.11 Å². The van der Waals surface area contributed by atoms with Gasteiger partial charge in [-0.05, 0) is 23.8 Å². The molecule has 0 atom stereocenters. The van der Waals surface area contributed by atoms with Crippen LogP contribution >= 0.6 is 15.9 Å². The molecule has 0 spiro atoms. The smallest absolute Gasteiger partial charge is 0.161 e. The summed E-state index contributed by atoms with van der Waals surface area (Å²) in [5.74, 6) is 1.58. The van der Waals surface area contributed by atoms with Crippen molar-refractivity contribution in [3.05, 3.63) is 52.0 Å². The molecular formula is C16H15BrO3. The van der Waals surface area contributed by atoms with Gasteiger partial charge in [-0.2, -0.15) is 0 Å². The number of para-hydroxylation sites is 1. The second-order valence-corrected chi connectivity index (χ2v) is 4.98. The molecule has 4 heteroatoms. The van der Waals surface area contributed by atoms with Crippen molar-refractivity contribution in [2.75, 3.05) is 14.2 Å². The highest BCUT2D eigenvalue weighted by Gasteiger charge is 2.07. The lowest BCUT2D eigenvalue weighted by Crippen LogP contribution is -1.91. The van der Waals surface area contributed by atoms with Crippen molar-refractivity contribution >= 4 is 28.1 Å². The SMILES string of the molecule is COc1cc(Br)c(C=Cc2ccccc2O)cc1OC. The summed E-state index contributed by atoms with van der Waals surface area (Å²) in [7, 11) is 3.20. The normalized spacial score (nSPS) is 10.8. The third-order valence-corrected chi connectivity index (χ3v) is 3.57. The number of methoxy groups -OCH3 is 2. The first-order chi connectivity index (χ1) is 9.65. The maximum absolute atomic E-state index is 9.73. The molecule has 104 valence electrons. The Morgan fingerprint density at radius 3 is 2.20 bits per heavy atom. The van der Waals surface area contributed by atoms with Crippen LogP contribution in [0.3, 0.4) is 0 Å². The molecule has 2 aromatic rings. The zero-order valence-corrected chi connectivity index (χ0v) is 12.8. The van der Waals surface area contributed by atoms with E-state index in [4.69, 9.17) is 9.47 Å². The Kier molecular flexibility index (Phi) is 4.69. The lowest BCUT2D eigenvalue weighted by molar-refractivity contribution is 0.354. The number of phenolic OH excluding ortho intramolecular Hbond substituents is 1. The molecule has 0 aromatic heterocycles. The number of benzene rings is 2. The summed E-state index contributed by atoms with van der Waals surface area (Å²) >= 11 is 3.49. The summed E-state index contributed by atoms with van der Waals surface area (Å²) < 4.78 is 11.4. The molecular weight excluding hydrogens is 320 g/mol. The monoisotopic (exact) mass is 334 g/mol. The number of rotatable bonds is 4. The first-order valence-electron chi connectivity index (χ1n) is 6.03. The van der Waals surface area contributed by atoms with Crippen molar-refractivity contribution < 1.29 is 14.6 Å². The fourth-order valence-corrected chi connectivity index (χ4v) is 2.26. The van der Waals surface area contributed by atoms with E-state index < -0.39 is 0 Å². The Bertz CT molecular complexity index is 636. The molecule has 0 aliphatic carbocycles. The van der Waals surface area contributed by atoms with Gasteiger partial charge in [-0.3, -0.25) is 0 Å². The van der Waals surface area contributed by atoms with Crippen LogP contribution in [0.5, 0.6) is 17.2 Å². The molecule has 0 saturated heterocycles. The van der Waals surface area contributed by atoms with Gasteiger partial charge in [0.05, 0.1) is 14.2 Å². The summed E-state index contributed by atoms with van der Waals surface area (Å²) in [4.78, 5) is 0. The lowest BCUT2D eigenvalue weighted by Gasteiger charge is -2.09. The van der Waals surface area contributed by atoms with Gasteiger partial charge in [-0.25, -0.2) is 0 Å². The van der Waals surface area contributed by atoms with Gasteiger partial charge >= 0.3 is 0 Å². The minimum Gasteiger partial charge on any atom is -0.507 e. The van der Waals surface area contributed by atoms with E-state index in [1.54, 1.807) is 26.4 Å². The number of ether oxygens (including phenoxy) is 2. The van der Waals surface area contributed by atoms with Crippen LogP contribution in [0.15, 0.2) is 40.9 Å². The summed E-state index contributed by atoms with van der Waals surface area (Å²) in [6, 6.07) is 10.9. The highest BCUT2D eigenvalue weighted by molar-refractivity contribution is 9.10. The molecule has 2 aromatic carbocycles. The maximum atomic E-state index is 9.73. The van der Waals surface area contributed by atoms with E-state index >= 15 is 0 Å². The van der Waals surface area contributed by atoms with E-state index in [0.29, 0.717) is 11.5 Å². The van der Waals surface area contributed by atoms with Crippen LogP contribution in [0.4, 0.5) is 0 Å². The molecule has 20 heavy (non-hydrogen) atoms. The molecule has 0 unspecified atom stereocenters. The van der Waals surface area contributed by atoms with Crippen LogP contribution in [-0.4, -0.2) is 19.3 Å². The summed E-state index contributed by atoms with van der Waals surface area (Å²) in [5.41, 5.74) is 1.69. The van der Waals surface area contributed by atoms with Gasteiger partial charge in [-0.1, -0.05) is 46.3 Å². The van der Waals surface area contributed by atoms with Crippen molar-refractivity contribution in [1.29, 1.82) is 0 Å². The molecule has 0 fully saturated rings. The molecule has 0 saturated carbocycles. The Morgan fingerprint density at radius 2 is 1.55 bits per heavy atom. The number of aromatic hydroxyl groups is 1. The molecule has 0 amide bonds. The van der Waals surface area contributed by atoms with E-state index in [1.807, 2.05) is 36.4 Å². The second-order valence-electron chi connectivity index (χ2n) is 4.12. The van der Waals surface area contributed by atoms with Crippen LogP contribution in [0, 0.1) is 0 Å². The largest absolute Gasteiger partial charge is 0.507 e. The third-order valence-electron chi connectivity index (χ3n) is 2.88. The molecule has 1 N–H and O–H groups in total. The zero-order chi connectivity index (χ0) is 14.5. The van der Waals surface area contributed by atoms with E-state index in [0.717, 1.165) is 15.6 Å². The van der Waals surface area contributed by atoms with Crippen LogP contribution in [0.1, 0.15) is 11.1 Å². The number of hydrogen-bond acceptors (Lipinski definition) is 3. The predicted octanol–water partition coefficient (Wildman–Crippen LogP) is 4.34. The number of hydrogen-bond donors (Lipinski definition) is 1. The Morgan fingerprint density at radius 1 is 0.950 bits per heavy atom. The Balaban J connectivity index is 2.36. The van der Waals surface area contributed by atoms with Gasteiger partial charge in [0.2, 0.25) is 0 Å². The quantitative estimate of drug-likeness (QED) is 0.845. The van der Waals surface area contributed by atoms with Crippen molar-refractivity contribution in [1.82, 2.24) is 0 Å². The first-order valence-corrected chi connectivity index (χ1v) is 6.82. The molecule has 0 aliphatic rings. The minimum absolute atomic E-state index is 0.250. The summed E-state index contributed by atoms with van der Waals surface area (Å²) in [5, 5.41) is 9.73. The fourth-order valence-electron chi connectivity index (χ4n) is 1.81. The van der Waals surface area contributed by atoms with Crippen LogP contribution in [0.2, 0.25) is 0 Å². The molecule has 0 heterocycles. The average Bonchev–Trinajstić information content (AvgIpc) is 2.47. The van der Waals surface area contributed by atoms with Gasteiger partial charge in [-0.15, -0.1) is 0 Å². The van der Waals surface area contributed by atoms with Gasteiger partial charge in [0, 0.05) is 10.0 Å². The molecule has 3 nitrogen and oxygen atoms in total. The highest BCUT2D eigenvalue weighted by atomic mass is 79.9. The highest BCUT2D eigenvalue weighted by Crippen LogP contribution is 2.34. The number of halogens is 1. The first kappa shape index (κ1) is 14.5. The number of phenols is 1. The topological polar surface area (TPSA) is 38.7 Å². The van der Waals surface area contributed by atoms with E-state index in [2.05, 4.69) is 15.9 Å². The standard InChI is InChI=1S/C16H15BrO3/c1-19-15-9-12(13(17)10-16(15)20-2)8-7-11-5-3-4-6-14(11)18/h3-10,18H,1-2H3. The summed E-state index contributed by atoms with van der Waals surface area (Å²) in [6.07, 6.45) is 3.75. The molecule has 0 aliphatic heterocycles. The van der Waals surface area contributed by atoms with Gasteiger partial charge in [0.15, 0.2) is 11.5 Å². The minimum atomic E-state index is 0.250. The Labute approximate surface area is 126 Å². The molecule has 0 bridgehead atoms. The van der Waals surface area contributed by atoms with Crippen molar-refractivity contribution in [2.24, 2.45) is 0 Å². The average molecular weight is 335 g/mol. The van der Waals surface area contributed by atoms with Crippen LogP contribution in [0.25, 0.3) is 12.2 Å². The van der Waals surface area contributed by atoms with Crippen LogP contribution < -0.4 is 9.47 Å². The molecule has 0 radical (unpaired) electrons. The maximum Gasteiger partial charge on any atom is 0.161 e. The van der Waals surface area contributed by atoms with Gasteiger partial charge in [0.25, 0.3) is 0 Å². The van der Waals surface area contributed by atoms with Crippen LogP contribution in [-0.2, 0) is 0 Å². The van der Waals surface area contributed by atoms with Crippen molar-refractivity contribution in [2.45, 2.75) is 0 Å². The van der Waals surface area contributed by atoms with E-state index in [1.165, 1.54) is 0 Å². The lowest BCUT2D eigenvalue weighted by atomic mass is 10.1. The van der Waals surface area contributed by atoms with Gasteiger partial charge in [0.1, 0.15) is 5.75 Å². The zero-order valence-electron chi connectivity index (χ0n) is 11.3. The second kappa shape index (κ2) is 6.48. The summed E-state index contributed by atoms with van der Waals surface area (Å²) in [6.45, 7) is 0. The fraction of sp³-hybridized carbons (Fsp3) is 0.125. The molecule has 2 rings (SSSR count). The van der Waals surface area contributed by atoms with Crippen molar-refractivity contribution in [3.63, 3.8) is 0 Å².